The van der Waals surface area contributed by atoms with Gasteiger partial charge in [0.25, 0.3) is 5.91 Å². The molecule has 0 unspecified atom stereocenters. The summed E-state index contributed by atoms with van der Waals surface area (Å²) in [6.07, 6.45) is 9.67. The van der Waals surface area contributed by atoms with Gasteiger partial charge < -0.3 is 24.8 Å². The Morgan fingerprint density at radius 1 is 1.00 bits per heavy atom. The number of nitrogens with one attached hydrogen (secondary N) is 1. The van der Waals surface area contributed by atoms with Crippen molar-refractivity contribution < 1.29 is 19.4 Å². The number of hydrogen-bond donors (Lipinski definition) is 2. The van der Waals surface area contributed by atoms with Crippen molar-refractivity contribution in [3.63, 3.8) is 0 Å². The highest BCUT2D eigenvalue weighted by Gasteiger charge is 2.55. The number of rotatable bonds is 7. The highest BCUT2D eigenvalue weighted by molar-refractivity contribution is 6.31. The molecule has 1 amide bonds. The molecule has 3 saturated carbocycles. The fourth-order valence-corrected chi connectivity index (χ4v) is 7.10. The van der Waals surface area contributed by atoms with E-state index in [2.05, 4.69) is 20.4 Å². The third kappa shape index (κ3) is 6.04. The molecule has 10 heteroatoms. The lowest BCUT2D eigenvalue weighted by atomic mass is 9.52. The van der Waals surface area contributed by atoms with Gasteiger partial charge in [-0.1, -0.05) is 11.6 Å². The molecule has 2 aromatic rings. The van der Waals surface area contributed by atoms with Crippen molar-refractivity contribution in [2.75, 3.05) is 13.1 Å². The first kappa shape index (κ1) is 27.3. The standard InChI is InChI=1S/C30H36ClN5O4/c31-26-13-24(4-1-19(26)18-32)39-23-5-2-20(3-6-23)33-29(38)27-7-8-28(35-34-27)40-25-16-30(17-25)14-21(15-30)36-11-9-22(37)10-12-36/h1,4,7-8,13,20-23,25,37H,2-3,5-6,9-12,14-17H2,(H,33,38). The molecule has 1 aromatic heterocycles. The Hall–Kier alpha value is -2.93. The number of aromatic nitrogens is 2. The summed E-state index contributed by atoms with van der Waals surface area (Å²) in [5.41, 5.74) is 1.13. The molecule has 6 rings (SSSR count). The zero-order valence-corrected chi connectivity index (χ0v) is 23.4. The molecule has 0 bridgehead atoms. The first-order chi connectivity index (χ1) is 19.4. The van der Waals surface area contributed by atoms with Gasteiger partial charge in [0, 0.05) is 37.3 Å². The molecule has 40 heavy (non-hydrogen) atoms. The quantitative estimate of drug-likeness (QED) is 0.510. The van der Waals surface area contributed by atoms with Crippen LogP contribution in [-0.4, -0.2) is 69.6 Å². The van der Waals surface area contributed by atoms with E-state index in [0.29, 0.717) is 33.7 Å². The Bertz CT molecular complexity index is 1240. The highest BCUT2D eigenvalue weighted by Crippen LogP contribution is 2.58. The number of aliphatic hydroxyl groups is 1. The number of ether oxygens (including phenoxy) is 2. The fraction of sp³-hybridized carbons (Fsp3) is 0.600. The number of nitrogens with zero attached hydrogens (tertiary/aromatic N) is 4. The number of piperidine rings is 1. The first-order valence-corrected chi connectivity index (χ1v) is 14.9. The van der Waals surface area contributed by atoms with E-state index >= 15 is 0 Å². The molecular weight excluding hydrogens is 530 g/mol. The van der Waals surface area contributed by atoms with Gasteiger partial charge in [-0.25, -0.2) is 0 Å². The minimum Gasteiger partial charge on any atom is -0.490 e. The zero-order chi connectivity index (χ0) is 27.7. The van der Waals surface area contributed by atoms with E-state index in [9.17, 15) is 9.90 Å². The van der Waals surface area contributed by atoms with E-state index in [-0.39, 0.29) is 36.0 Å². The number of amides is 1. The lowest BCUT2D eigenvalue weighted by Gasteiger charge is -2.60. The molecule has 1 spiro atoms. The lowest BCUT2D eigenvalue weighted by molar-refractivity contribution is -0.121. The monoisotopic (exact) mass is 565 g/mol. The minimum atomic E-state index is -0.226. The largest absolute Gasteiger partial charge is 0.490 e. The fourth-order valence-electron chi connectivity index (χ4n) is 6.88. The number of benzene rings is 1. The minimum absolute atomic E-state index is 0.0450. The van der Waals surface area contributed by atoms with E-state index in [4.69, 9.17) is 26.3 Å². The second kappa shape index (κ2) is 11.5. The molecular formula is C30H36ClN5O4. The van der Waals surface area contributed by atoms with Gasteiger partial charge in [-0.05, 0) is 87.8 Å². The van der Waals surface area contributed by atoms with Gasteiger partial charge in [-0.3, -0.25) is 4.79 Å². The third-order valence-electron chi connectivity index (χ3n) is 9.21. The molecule has 1 saturated heterocycles. The van der Waals surface area contributed by atoms with E-state index < -0.39 is 0 Å². The number of halogens is 1. The highest BCUT2D eigenvalue weighted by atomic mass is 35.5. The van der Waals surface area contributed by atoms with Crippen LogP contribution in [0.1, 0.15) is 80.3 Å². The SMILES string of the molecule is N#Cc1ccc(OC2CCC(NC(=O)c3ccc(OC4CC5(C4)CC(N4CCC(O)CC4)C5)nn3)CC2)cc1Cl. The number of likely N-dealkylation sites (tertiary alicyclic amines) is 1. The molecule has 3 aliphatic carbocycles. The summed E-state index contributed by atoms with van der Waals surface area (Å²) in [4.78, 5) is 15.3. The van der Waals surface area contributed by atoms with Crippen LogP contribution in [0.2, 0.25) is 5.02 Å². The smallest absolute Gasteiger partial charge is 0.272 e. The van der Waals surface area contributed by atoms with Crippen molar-refractivity contribution in [1.29, 1.82) is 5.26 Å². The van der Waals surface area contributed by atoms with Gasteiger partial charge in [0.1, 0.15) is 17.9 Å². The molecule has 4 aliphatic rings. The van der Waals surface area contributed by atoms with Crippen molar-refractivity contribution in [3.05, 3.63) is 46.6 Å². The summed E-state index contributed by atoms with van der Waals surface area (Å²) in [5, 5.41) is 30.5. The van der Waals surface area contributed by atoms with Crippen molar-refractivity contribution in [3.8, 4) is 17.7 Å². The molecule has 212 valence electrons. The van der Waals surface area contributed by atoms with Gasteiger partial charge >= 0.3 is 0 Å². The molecule has 0 atom stereocenters. The Morgan fingerprint density at radius 2 is 1.75 bits per heavy atom. The van der Waals surface area contributed by atoms with Crippen LogP contribution in [0.4, 0.5) is 0 Å². The molecule has 9 nitrogen and oxygen atoms in total. The van der Waals surface area contributed by atoms with Crippen molar-refractivity contribution in [1.82, 2.24) is 20.4 Å². The summed E-state index contributed by atoms with van der Waals surface area (Å²) < 4.78 is 12.1. The second-order valence-corrected chi connectivity index (χ2v) is 12.5. The van der Waals surface area contributed by atoms with Crippen molar-refractivity contribution in [2.45, 2.75) is 94.6 Å². The third-order valence-corrected chi connectivity index (χ3v) is 9.52. The number of hydrogen-bond acceptors (Lipinski definition) is 8. The van der Waals surface area contributed by atoms with Crippen molar-refractivity contribution >= 4 is 17.5 Å². The number of nitriles is 1. The second-order valence-electron chi connectivity index (χ2n) is 12.1. The van der Waals surface area contributed by atoms with E-state index in [1.807, 2.05) is 6.07 Å². The van der Waals surface area contributed by atoms with E-state index in [1.165, 1.54) is 12.8 Å². The summed E-state index contributed by atoms with van der Waals surface area (Å²) in [5.74, 6) is 0.899. The van der Waals surface area contributed by atoms with Gasteiger partial charge in [-0.15, -0.1) is 10.2 Å². The Morgan fingerprint density at radius 3 is 2.40 bits per heavy atom. The molecule has 4 fully saturated rings. The first-order valence-electron chi connectivity index (χ1n) is 14.5. The van der Waals surface area contributed by atoms with Crippen LogP contribution in [0.25, 0.3) is 0 Å². The topological polar surface area (TPSA) is 121 Å². The average Bonchev–Trinajstić information content (AvgIpc) is 2.91. The Balaban J connectivity index is 0.899. The average molecular weight is 566 g/mol. The van der Waals surface area contributed by atoms with Gasteiger partial charge in [-0.2, -0.15) is 5.26 Å². The van der Waals surface area contributed by atoms with Crippen LogP contribution in [0.5, 0.6) is 11.6 Å². The van der Waals surface area contributed by atoms with Gasteiger partial charge in [0.05, 0.1) is 22.8 Å². The van der Waals surface area contributed by atoms with E-state index in [1.54, 1.807) is 30.3 Å². The van der Waals surface area contributed by atoms with Crippen LogP contribution in [0, 0.1) is 16.7 Å². The lowest BCUT2D eigenvalue weighted by Crippen LogP contribution is -2.60. The number of carbonyl (C=O) groups excluding carboxylic acids is 1. The number of carbonyl (C=O) groups is 1. The van der Waals surface area contributed by atoms with Gasteiger partial charge in [0.15, 0.2) is 5.69 Å². The molecule has 2 heterocycles. The molecule has 1 aliphatic heterocycles. The summed E-state index contributed by atoms with van der Waals surface area (Å²) >= 11 is 6.11. The summed E-state index contributed by atoms with van der Waals surface area (Å²) in [7, 11) is 0. The zero-order valence-electron chi connectivity index (χ0n) is 22.6. The Labute approximate surface area is 239 Å². The van der Waals surface area contributed by atoms with Crippen LogP contribution >= 0.6 is 11.6 Å². The van der Waals surface area contributed by atoms with Crippen LogP contribution in [0.3, 0.4) is 0 Å². The Kier molecular flexibility index (Phi) is 7.84. The van der Waals surface area contributed by atoms with Gasteiger partial charge in [0.2, 0.25) is 5.88 Å². The van der Waals surface area contributed by atoms with Crippen LogP contribution in [0.15, 0.2) is 30.3 Å². The van der Waals surface area contributed by atoms with Crippen LogP contribution in [-0.2, 0) is 0 Å². The molecule has 1 aromatic carbocycles. The maximum absolute atomic E-state index is 12.8. The predicted molar refractivity (Wildman–Crippen MR) is 148 cm³/mol. The maximum atomic E-state index is 12.8. The number of aliphatic hydroxyl groups excluding tert-OH is 1. The van der Waals surface area contributed by atoms with Crippen LogP contribution < -0.4 is 14.8 Å². The normalized spacial score (nSPS) is 30.5. The molecule has 2 N–H and O–H groups in total. The summed E-state index contributed by atoms with van der Waals surface area (Å²) in [6, 6.07) is 11.3. The predicted octanol–water partition coefficient (Wildman–Crippen LogP) is 4.27. The molecule has 0 radical (unpaired) electrons. The summed E-state index contributed by atoms with van der Waals surface area (Å²) in [6.45, 7) is 2.03. The van der Waals surface area contributed by atoms with Crippen molar-refractivity contribution in [2.24, 2.45) is 5.41 Å². The van der Waals surface area contributed by atoms with E-state index in [0.717, 1.165) is 64.5 Å². The maximum Gasteiger partial charge on any atom is 0.272 e.